The van der Waals surface area contributed by atoms with Gasteiger partial charge in [0.05, 0.1) is 11.6 Å². The summed E-state index contributed by atoms with van der Waals surface area (Å²) >= 11 is 1.47. The van der Waals surface area contributed by atoms with Gasteiger partial charge in [-0.15, -0.1) is 11.3 Å². The normalized spacial score (nSPS) is 10.8. The van der Waals surface area contributed by atoms with Gasteiger partial charge >= 0.3 is 0 Å². The summed E-state index contributed by atoms with van der Waals surface area (Å²) in [6.45, 7) is 6.76. The summed E-state index contributed by atoms with van der Waals surface area (Å²) in [6, 6.07) is 5.25. The second kappa shape index (κ2) is 8.73. The van der Waals surface area contributed by atoms with Crippen LogP contribution in [0.5, 0.6) is 0 Å². The molecule has 0 fully saturated rings. The first-order valence-corrected chi connectivity index (χ1v) is 8.95. The molecule has 0 atom stereocenters. The SMILES string of the molecule is COCCNC(=O)c1cccc(NC(=O)c2csc(C(C)C)n2)c1C. The smallest absolute Gasteiger partial charge is 0.275 e. The number of benzene rings is 1. The van der Waals surface area contributed by atoms with Gasteiger partial charge < -0.3 is 15.4 Å². The Kier molecular flexibility index (Phi) is 6.66. The minimum atomic E-state index is -0.275. The van der Waals surface area contributed by atoms with Crippen molar-refractivity contribution in [2.75, 3.05) is 25.6 Å². The number of rotatable bonds is 7. The third-order valence-corrected chi connectivity index (χ3v) is 4.81. The molecule has 0 saturated heterocycles. The van der Waals surface area contributed by atoms with Crippen LogP contribution in [0.2, 0.25) is 0 Å². The monoisotopic (exact) mass is 361 g/mol. The number of methoxy groups -OCH3 is 1. The Morgan fingerprint density at radius 1 is 1.28 bits per heavy atom. The number of hydrogen-bond donors (Lipinski definition) is 2. The average molecular weight is 361 g/mol. The number of ether oxygens (including phenoxy) is 1. The highest BCUT2D eigenvalue weighted by Gasteiger charge is 2.16. The zero-order valence-corrected chi connectivity index (χ0v) is 15.7. The zero-order valence-electron chi connectivity index (χ0n) is 14.9. The number of amides is 2. The van der Waals surface area contributed by atoms with Gasteiger partial charge in [0.2, 0.25) is 0 Å². The van der Waals surface area contributed by atoms with Crippen LogP contribution in [0.15, 0.2) is 23.6 Å². The van der Waals surface area contributed by atoms with Crippen molar-refractivity contribution >= 4 is 28.8 Å². The minimum Gasteiger partial charge on any atom is -0.383 e. The van der Waals surface area contributed by atoms with E-state index in [1.807, 2.05) is 13.8 Å². The Labute approximate surface area is 151 Å². The first-order valence-electron chi connectivity index (χ1n) is 8.07. The van der Waals surface area contributed by atoms with E-state index in [9.17, 15) is 9.59 Å². The number of anilines is 1. The van der Waals surface area contributed by atoms with Crippen LogP contribution in [0.1, 0.15) is 51.2 Å². The molecule has 2 rings (SSSR count). The zero-order chi connectivity index (χ0) is 18.4. The fraction of sp³-hybridized carbons (Fsp3) is 0.389. The molecule has 6 nitrogen and oxygen atoms in total. The summed E-state index contributed by atoms with van der Waals surface area (Å²) in [5, 5.41) is 8.30. The van der Waals surface area contributed by atoms with Crippen molar-refractivity contribution in [2.24, 2.45) is 0 Å². The van der Waals surface area contributed by atoms with Crippen LogP contribution in [0.3, 0.4) is 0 Å². The lowest BCUT2D eigenvalue weighted by Crippen LogP contribution is -2.27. The van der Waals surface area contributed by atoms with E-state index < -0.39 is 0 Å². The number of nitrogens with one attached hydrogen (secondary N) is 2. The van der Waals surface area contributed by atoms with E-state index in [0.29, 0.717) is 35.7 Å². The number of carbonyl (C=O) groups is 2. The maximum absolute atomic E-state index is 12.4. The van der Waals surface area contributed by atoms with Gasteiger partial charge in [-0.3, -0.25) is 9.59 Å². The average Bonchev–Trinajstić information content (AvgIpc) is 3.07. The fourth-order valence-corrected chi connectivity index (χ4v) is 3.04. The molecule has 2 amide bonds. The van der Waals surface area contributed by atoms with Gasteiger partial charge in [0.1, 0.15) is 5.69 Å². The fourth-order valence-electron chi connectivity index (χ4n) is 2.22. The highest BCUT2D eigenvalue weighted by atomic mass is 32.1. The molecule has 0 saturated carbocycles. The minimum absolute atomic E-state index is 0.193. The lowest BCUT2D eigenvalue weighted by atomic mass is 10.1. The van der Waals surface area contributed by atoms with Crippen LogP contribution in [-0.4, -0.2) is 37.1 Å². The molecular weight excluding hydrogens is 338 g/mol. The summed E-state index contributed by atoms with van der Waals surface area (Å²) in [4.78, 5) is 29.0. The highest BCUT2D eigenvalue weighted by molar-refractivity contribution is 7.09. The van der Waals surface area contributed by atoms with Gasteiger partial charge in [0, 0.05) is 36.2 Å². The van der Waals surface area contributed by atoms with Gasteiger partial charge in [0.15, 0.2) is 0 Å². The van der Waals surface area contributed by atoms with Gasteiger partial charge in [-0.2, -0.15) is 0 Å². The number of hydrogen-bond acceptors (Lipinski definition) is 5. The molecule has 1 heterocycles. The molecule has 0 spiro atoms. The first kappa shape index (κ1) is 19.1. The summed E-state index contributed by atoms with van der Waals surface area (Å²) < 4.78 is 4.92. The van der Waals surface area contributed by atoms with Crippen LogP contribution < -0.4 is 10.6 Å². The molecule has 7 heteroatoms. The van der Waals surface area contributed by atoms with E-state index in [1.165, 1.54) is 11.3 Å². The van der Waals surface area contributed by atoms with Crippen molar-refractivity contribution in [2.45, 2.75) is 26.7 Å². The van der Waals surface area contributed by atoms with Crippen molar-refractivity contribution in [3.8, 4) is 0 Å². The molecule has 0 aliphatic heterocycles. The first-order chi connectivity index (χ1) is 11.9. The number of carbonyl (C=O) groups excluding carboxylic acids is 2. The maximum Gasteiger partial charge on any atom is 0.275 e. The Bertz CT molecular complexity index is 756. The van der Waals surface area contributed by atoms with Crippen molar-refractivity contribution in [1.29, 1.82) is 0 Å². The van der Waals surface area contributed by atoms with E-state index in [2.05, 4.69) is 15.6 Å². The second-order valence-corrected chi connectivity index (χ2v) is 6.80. The molecule has 2 N–H and O–H groups in total. The number of nitrogens with zero attached hydrogens (tertiary/aromatic N) is 1. The molecule has 0 bridgehead atoms. The van der Waals surface area contributed by atoms with E-state index in [0.717, 1.165) is 5.01 Å². The van der Waals surface area contributed by atoms with Gasteiger partial charge in [0.25, 0.3) is 11.8 Å². The van der Waals surface area contributed by atoms with Crippen LogP contribution in [0.4, 0.5) is 5.69 Å². The maximum atomic E-state index is 12.4. The largest absolute Gasteiger partial charge is 0.383 e. The standard InChI is InChI=1S/C18H23N3O3S/c1-11(2)18-21-15(10-25-18)17(23)20-14-7-5-6-13(12(14)3)16(22)19-8-9-24-4/h5-7,10-11H,8-9H2,1-4H3,(H,19,22)(H,20,23). The Morgan fingerprint density at radius 3 is 2.68 bits per heavy atom. The molecule has 25 heavy (non-hydrogen) atoms. The van der Waals surface area contributed by atoms with E-state index >= 15 is 0 Å². The van der Waals surface area contributed by atoms with Crippen LogP contribution in [0, 0.1) is 6.92 Å². The molecule has 0 aliphatic carbocycles. The Morgan fingerprint density at radius 2 is 2.04 bits per heavy atom. The lowest BCUT2D eigenvalue weighted by Gasteiger charge is -2.12. The number of aromatic nitrogens is 1. The topological polar surface area (TPSA) is 80.3 Å². The molecule has 2 aromatic rings. The highest BCUT2D eigenvalue weighted by Crippen LogP contribution is 2.22. The second-order valence-electron chi connectivity index (χ2n) is 5.91. The van der Waals surface area contributed by atoms with Crippen LogP contribution in [0.25, 0.3) is 0 Å². The molecule has 0 radical (unpaired) electrons. The van der Waals surface area contributed by atoms with Gasteiger partial charge in [-0.1, -0.05) is 19.9 Å². The summed E-state index contributed by atoms with van der Waals surface area (Å²) in [7, 11) is 1.58. The predicted molar refractivity (Wildman–Crippen MR) is 99.5 cm³/mol. The molecule has 1 aromatic carbocycles. The van der Waals surface area contributed by atoms with E-state index in [4.69, 9.17) is 4.74 Å². The third-order valence-electron chi connectivity index (χ3n) is 3.67. The summed E-state index contributed by atoms with van der Waals surface area (Å²) in [5.74, 6) is -0.183. The predicted octanol–water partition coefficient (Wildman–Crippen LogP) is 3.20. The Balaban J connectivity index is 2.12. The summed E-state index contributed by atoms with van der Waals surface area (Å²) in [6.07, 6.45) is 0. The van der Waals surface area contributed by atoms with Crippen molar-refractivity contribution in [3.05, 3.63) is 45.4 Å². The molecule has 1 aromatic heterocycles. The lowest BCUT2D eigenvalue weighted by molar-refractivity contribution is 0.0935. The van der Waals surface area contributed by atoms with Gasteiger partial charge in [-0.25, -0.2) is 4.98 Å². The van der Waals surface area contributed by atoms with E-state index in [1.54, 1.807) is 37.6 Å². The van der Waals surface area contributed by atoms with Crippen molar-refractivity contribution in [3.63, 3.8) is 0 Å². The van der Waals surface area contributed by atoms with Crippen molar-refractivity contribution < 1.29 is 14.3 Å². The molecule has 134 valence electrons. The van der Waals surface area contributed by atoms with Crippen molar-refractivity contribution in [1.82, 2.24) is 10.3 Å². The van der Waals surface area contributed by atoms with Crippen LogP contribution >= 0.6 is 11.3 Å². The molecule has 0 unspecified atom stereocenters. The van der Waals surface area contributed by atoms with E-state index in [-0.39, 0.29) is 17.7 Å². The van der Waals surface area contributed by atoms with Gasteiger partial charge in [-0.05, 0) is 24.6 Å². The number of thiazole rings is 1. The third kappa shape index (κ3) is 4.87. The summed E-state index contributed by atoms with van der Waals surface area (Å²) in [5.41, 5.74) is 2.23. The Hall–Kier alpha value is -2.25. The molecular formula is C18H23N3O3S. The molecule has 0 aliphatic rings. The van der Waals surface area contributed by atoms with Crippen LogP contribution in [-0.2, 0) is 4.74 Å². The quantitative estimate of drug-likeness (QED) is 0.742.